The van der Waals surface area contributed by atoms with Crippen LogP contribution in [0.3, 0.4) is 0 Å². The van der Waals surface area contributed by atoms with E-state index in [1.807, 2.05) is 0 Å². The Labute approximate surface area is 155 Å². The number of benzene rings is 2. The average molecular weight is 377 g/mol. The van der Waals surface area contributed by atoms with E-state index in [9.17, 15) is 9.59 Å². The Balaban J connectivity index is 1.91. The molecule has 4 nitrogen and oxygen atoms in total. The van der Waals surface area contributed by atoms with Crippen LogP contribution in [0.2, 0.25) is 10.0 Å². The van der Waals surface area contributed by atoms with Gasteiger partial charge in [-0.3, -0.25) is 9.59 Å². The van der Waals surface area contributed by atoms with Crippen molar-refractivity contribution < 1.29 is 19.1 Å². The van der Waals surface area contributed by atoms with Gasteiger partial charge in [0.05, 0.1) is 11.5 Å². The van der Waals surface area contributed by atoms with E-state index in [4.69, 9.17) is 32.7 Å². The van der Waals surface area contributed by atoms with Crippen molar-refractivity contribution in [2.24, 2.45) is 5.92 Å². The number of ketones is 1. The molecule has 6 heteroatoms. The van der Waals surface area contributed by atoms with E-state index in [1.165, 1.54) is 12.1 Å². The Bertz CT molecular complexity index is 880. The zero-order valence-corrected chi connectivity index (χ0v) is 15.0. The summed E-state index contributed by atoms with van der Waals surface area (Å²) in [5.74, 6) is -0.141. The molecule has 0 unspecified atom stereocenters. The number of carbonyl (C=O) groups is 2. The van der Waals surface area contributed by atoms with Gasteiger partial charge >= 0.3 is 5.97 Å². The van der Waals surface area contributed by atoms with Crippen molar-refractivity contribution in [3.05, 3.63) is 63.3 Å². The van der Waals surface area contributed by atoms with Crippen molar-refractivity contribution in [2.45, 2.75) is 13.8 Å². The Morgan fingerprint density at radius 1 is 1.16 bits per heavy atom. The number of rotatable bonds is 3. The van der Waals surface area contributed by atoms with Gasteiger partial charge in [-0.25, -0.2) is 0 Å². The fourth-order valence-corrected chi connectivity index (χ4v) is 2.75. The zero-order valence-electron chi connectivity index (χ0n) is 13.5. The van der Waals surface area contributed by atoms with Crippen LogP contribution in [0.1, 0.15) is 29.8 Å². The molecule has 25 heavy (non-hydrogen) atoms. The number of hydrogen-bond donors (Lipinski definition) is 0. The number of carbonyl (C=O) groups excluding carboxylic acids is 2. The summed E-state index contributed by atoms with van der Waals surface area (Å²) >= 11 is 12.3. The molecule has 1 aliphatic rings. The lowest BCUT2D eigenvalue weighted by molar-refractivity contribution is -0.137. The second-order valence-electron chi connectivity index (χ2n) is 5.81. The van der Waals surface area contributed by atoms with Crippen molar-refractivity contribution in [3.63, 3.8) is 0 Å². The van der Waals surface area contributed by atoms with Crippen LogP contribution < -0.4 is 9.47 Å². The molecule has 0 amide bonds. The quantitative estimate of drug-likeness (QED) is 0.421. The van der Waals surface area contributed by atoms with Gasteiger partial charge in [0.2, 0.25) is 5.78 Å². The maximum absolute atomic E-state index is 12.5. The molecule has 128 valence electrons. The third-order valence-electron chi connectivity index (χ3n) is 3.61. The molecule has 0 aromatic heterocycles. The lowest BCUT2D eigenvalue weighted by Crippen LogP contribution is -2.14. The van der Waals surface area contributed by atoms with Crippen LogP contribution >= 0.6 is 23.2 Å². The molecular formula is C19H14Cl2O4. The minimum Gasteiger partial charge on any atom is -0.452 e. The summed E-state index contributed by atoms with van der Waals surface area (Å²) in [7, 11) is 0. The SMILES string of the molecule is CC(C)C(=O)Oc1ccc2c(c1)O/C(=C/c1c(Cl)cccc1Cl)C2=O. The molecule has 0 saturated carbocycles. The molecule has 0 saturated heterocycles. The Morgan fingerprint density at radius 3 is 2.48 bits per heavy atom. The second kappa shape index (κ2) is 6.90. The highest BCUT2D eigenvalue weighted by Gasteiger charge is 2.28. The third-order valence-corrected chi connectivity index (χ3v) is 4.27. The van der Waals surface area contributed by atoms with Crippen molar-refractivity contribution in [3.8, 4) is 11.5 Å². The van der Waals surface area contributed by atoms with Crippen molar-refractivity contribution >= 4 is 41.0 Å². The van der Waals surface area contributed by atoms with Gasteiger partial charge in [0.1, 0.15) is 11.5 Å². The van der Waals surface area contributed by atoms with Crippen LogP contribution in [0.4, 0.5) is 0 Å². The van der Waals surface area contributed by atoms with Crippen molar-refractivity contribution in [1.29, 1.82) is 0 Å². The topological polar surface area (TPSA) is 52.6 Å². The number of esters is 1. The average Bonchev–Trinajstić information content (AvgIpc) is 2.86. The highest BCUT2D eigenvalue weighted by Crippen LogP contribution is 2.36. The molecule has 0 spiro atoms. The first kappa shape index (κ1) is 17.5. The smallest absolute Gasteiger partial charge is 0.313 e. The molecule has 0 aliphatic carbocycles. The van der Waals surface area contributed by atoms with Gasteiger partial charge in [0.15, 0.2) is 5.76 Å². The van der Waals surface area contributed by atoms with Crippen LogP contribution in [0, 0.1) is 5.92 Å². The molecule has 1 heterocycles. The van der Waals surface area contributed by atoms with Gasteiger partial charge in [0, 0.05) is 21.7 Å². The highest BCUT2D eigenvalue weighted by molar-refractivity contribution is 6.37. The fourth-order valence-electron chi connectivity index (χ4n) is 2.24. The number of allylic oxidation sites excluding steroid dienone is 1. The first-order valence-electron chi connectivity index (χ1n) is 7.61. The van der Waals surface area contributed by atoms with Gasteiger partial charge in [-0.2, -0.15) is 0 Å². The summed E-state index contributed by atoms with van der Waals surface area (Å²) in [6, 6.07) is 9.71. The maximum atomic E-state index is 12.5. The summed E-state index contributed by atoms with van der Waals surface area (Å²) in [5.41, 5.74) is 0.896. The third kappa shape index (κ3) is 3.55. The summed E-state index contributed by atoms with van der Waals surface area (Å²) in [4.78, 5) is 24.2. The highest BCUT2D eigenvalue weighted by atomic mass is 35.5. The summed E-state index contributed by atoms with van der Waals surface area (Å²) in [6.07, 6.45) is 1.51. The van der Waals surface area contributed by atoms with E-state index < -0.39 is 0 Å². The first-order valence-corrected chi connectivity index (χ1v) is 8.36. The van der Waals surface area contributed by atoms with Crippen LogP contribution in [-0.2, 0) is 4.79 Å². The van der Waals surface area contributed by atoms with Gasteiger partial charge in [0.25, 0.3) is 0 Å². The molecule has 1 aliphatic heterocycles. The molecule has 0 bridgehead atoms. The van der Waals surface area contributed by atoms with Crippen LogP contribution in [0.15, 0.2) is 42.2 Å². The van der Waals surface area contributed by atoms with E-state index >= 15 is 0 Å². The number of ether oxygens (including phenoxy) is 2. The minimum atomic E-state index is -0.358. The predicted molar refractivity (Wildman–Crippen MR) is 96.3 cm³/mol. The minimum absolute atomic E-state index is 0.109. The lowest BCUT2D eigenvalue weighted by Gasteiger charge is -2.07. The van der Waals surface area contributed by atoms with Crippen molar-refractivity contribution in [1.82, 2.24) is 0 Å². The second-order valence-corrected chi connectivity index (χ2v) is 6.62. The molecule has 0 fully saturated rings. The van der Waals surface area contributed by atoms with E-state index in [1.54, 1.807) is 44.2 Å². The molecule has 0 N–H and O–H groups in total. The number of Topliss-reactive ketones (excluding diaryl/α,β-unsaturated/α-hetero) is 1. The summed E-state index contributed by atoms with van der Waals surface area (Å²) in [5, 5.41) is 0.831. The fraction of sp³-hybridized carbons (Fsp3) is 0.158. The number of fused-ring (bicyclic) bond motifs is 1. The van der Waals surface area contributed by atoms with Gasteiger partial charge < -0.3 is 9.47 Å². The lowest BCUT2D eigenvalue weighted by atomic mass is 10.1. The maximum Gasteiger partial charge on any atom is 0.313 e. The summed E-state index contributed by atoms with van der Waals surface area (Å²) in [6.45, 7) is 3.48. The molecule has 0 radical (unpaired) electrons. The van der Waals surface area contributed by atoms with Gasteiger partial charge in [-0.15, -0.1) is 0 Å². The number of halogens is 2. The number of hydrogen-bond acceptors (Lipinski definition) is 4. The predicted octanol–water partition coefficient (Wildman–Crippen LogP) is 5.17. The molecule has 2 aromatic carbocycles. The zero-order chi connectivity index (χ0) is 18.1. The monoisotopic (exact) mass is 376 g/mol. The molecule has 3 rings (SSSR count). The Hall–Kier alpha value is -2.30. The molecular weight excluding hydrogens is 363 g/mol. The van der Waals surface area contributed by atoms with E-state index in [2.05, 4.69) is 0 Å². The normalized spacial score (nSPS) is 14.6. The van der Waals surface area contributed by atoms with Crippen LogP contribution in [0.25, 0.3) is 6.08 Å². The van der Waals surface area contributed by atoms with Gasteiger partial charge in [-0.05, 0) is 30.3 Å². The summed E-state index contributed by atoms with van der Waals surface area (Å²) < 4.78 is 10.9. The largest absolute Gasteiger partial charge is 0.452 e. The van der Waals surface area contributed by atoms with E-state index in [0.717, 1.165) is 0 Å². The molecule has 0 atom stereocenters. The standard InChI is InChI=1S/C19H14Cl2O4/c1-10(2)19(23)24-11-6-7-12-16(8-11)25-17(18(12)22)9-13-14(20)4-3-5-15(13)21/h3-10H,1-2H3/b17-9+. The van der Waals surface area contributed by atoms with Crippen molar-refractivity contribution in [2.75, 3.05) is 0 Å². The van der Waals surface area contributed by atoms with E-state index in [-0.39, 0.29) is 23.4 Å². The van der Waals surface area contributed by atoms with Crippen LogP contribution in [-0.4, -0.2) is 11.8 Å². The van der Waals surface area contributed by atoms with E-state index in [0.29, 0.717) is 32.7 Å². The Kier molecular flexibility index (Phi) is 4.84. The molecule has 2 aromatic rings. The van der Waals surface area contributed by atoms with Crippen LogP contribution in [0.5, 0.6) is 11.5 Å². The van der Waals surface area contributed by atoms with Gasteiger partial charge in [-0.1, -0.05) is 43.1 Å². The first-order chi connectivity index (χ1) is 11.9. The Morgan fingerprint density at radius 2 is 1.84 bits per heavy atom.